The maximum Gasteiger partial charge on any atom is 0.137 e. The van der Waals surface area contributed by atoms with Crippen molar-refractivity contribution in [1.82, 2.24) is 0 Å². The second-order valence-corrected chi connectivity index (χ2v) is 4.97. The highest BCUT2D eigenvalue weighted by Crippen LogP contribution is 2.33. The number of aliphatic hydroxyl groups excluding tert-OH is 1. The fourth-order valence-corrected chi connectivity index (χ4v) is 1.82. The molecule has 1 aromatic carbocycles. The van der Waals surface area contributed by atoms with Gasteiger partial charge in [-0.05, 0) is 25.1 Å². The minimum absolute atomic E-state index is 0.524. The number of rotatable bonds is 4. The van der Waals surface area contributed by atoms with E-state index in [0.717, 1.165) is 4.47 Å². The van der Waals surface area contributed by atoms with E-state index in [0.29, 0.717) is 17.9 Å². The number of aliphatic hydroxyl groups is 1. The Labute approximate surface area is 107 Å². The molecule has 0 aliphatic carbocycles. The molecule has 1 N–H and O–H groups in total. The molecule has 0 radical (unpaired) electrons. The molecule has 1 unspecified atom stereocenters. The van der Waals surface area contributed by atoms with Crippen LogP contribution in [0.4, 0.5) is 0 Å². The van der Waals surface area contributed by atoms with Gasteiger partial charge in [0.1, 0.15) is 16.7 Å². The zero-order valence-corrected chi connectivity index (χ0v) is 11.2. The molecule has 0 fully saturated rings. The van der Waals surface area contributed by atoms with E-state index in [2.05, 4.69) is 15.9 Å². The van der Waals surface area contributed by atoms with Gasteiger partial charge < -0.3 is 9.84 Å². The lowest BCUT2D eigenvalue weighted by atomic mass is 10.1. The molecule has 0 bridgehead atoms. The van der Waals surface area contributed by atoms with Crippen LogP contribution in [0.15, 0.2) is 22.7 Å². The van der Waals surface area contributed by atoms with Crippen molar-refractivity contribution in [1.29, 1.82) is 0 Å². The Kier molecular flexibility index (Phi) is 5.19. The quantitative estimate of drug-likeness (QED) is 0.859. The SMILES string of the molecule is CCOc1ccc(Br)cc1C(O)C(Cl)Cl. The Morgan fingerprint density at radius 2 is 2.13 bits per heavy atom. The van der Waals surface area contributed by atoms with Gasteiger partial charge in [0.25, 0.3) is 0 Å². The zero-order chi connectivity index (χ0) is 11.4. The monoisotopic (exact) mass is 312 g/mol. The lowest BCUT2D eigenvalue weighted by Crippen LogP contribution is -2.08. The third-order valence-corrected chi connectivity index (χ3v) is 2.80. The molecule has 84 valence electrons. The first-order valence-corrected chi connectivity index (χ1v) is 6.11. The molecule has 0 saturated heterocycles. The molecule has 0 amide bonds. The standard InChI is InChI=1S/C10H11BrCl2O2/c1-2-15-8-4-3-6(11)5-7(8)9(14)10(12)13/h3-5,9-10,14H,2H2,1H3. The van der Waals surface area contributed by atoms with Crippen molar-refractivity contribution in [2.45, 2.75) is 17.9 Å². The van der Waals surface area contributed by atoms with Gasteiger partial charge in [-0.15, -0.1) is 23.2 Å². The molecule has 0 saturated carbocycles. The second-order valence-electron chi connectivity index (χ2n) is 2.89. The predicted molar refractivity (Wildman–Crippen MR) is 65.8 cm³/mol. The normalized spacial score (nSPS) is 12.9. The van der Waals surface area contributed by atoms with E-state index >= 15 is 0 Å². The van der Waals surface area contributed by atoms with Crippen LogP contribution in [0, 0.1) is 0 Å². The van der Waals surface area contributed by atoms with Crippen molar-refractivity contribution in [3.05, 3.63) is 28.2 Å². The van der Waals surface area contributed by atoms with E-state index in [1.807, 2.05) is 13.0 Å². The maximum atomic E-state index is 9.76. The molecule has 0 aliphatic heterocycles. The molecule has 1 atom stereocenters. The van der Waals surface area contributed by atoms with Crippen molar-refractivity contribution in [3.8, 4) is 5.75 Å². The van der Waals surface area contributed by atoms with Crippen LogP contribution in [0.1, 0.15) is 18.6 Å². The van der Waals surface area contributed by atoms with Crippen molar-refractivity contribution >= 4 is 39.1 Å². The molecular formula is C10H11BrCl2O2. The minimum Gasteiger partial charge on any atom is -0.493 e. The van der Waals surface area contributed by atoms with Crippen molar-refractivity contribution < 1.29 is 9.84 Å². The number of ether oxygens (including phenoxy) is 1. The molecule has 0 spiro atoms. The Balaban J connectivity index is 3.06. The minimum atomic E-state index is -0.951. The van der Waals surface area contributed by atoms with E-state index in [9.17, 15) is 5.11 Å². The summed E-state index contributed by atoms with van der Waals surface area (Å²) in [4.78, 5) is -0.876. The fraction of sp³-hybridized carbons (Fsp3) is 0.400. The van der Waals surface area contributed by atoms with Crippen LogP contribution in [0.25, 0.3) is 0 Å². The smallest absolute Gasteiger partial charge is 0.137 e. The molecule has 1 aromatic rings. The van der Waals surface area contributed by atoms with Crippen LogP contribution in [0.2, 0.25) is 0 Å². The van der Waals surface area contributed by atoms with E-state index in [-0.39, 0.29) is 0 Å². The predicted octanol–water partition coefficient (Wildman–Crippen LogP) is 3.68. The average molecular weight is 314 g/mol. The van der Waals surface area contributed by atoms with E-state index < -0.39 is 10.9 Å². The highest BCUT2D eigenvalue weighted by atomic mass is 79.9. The maximum absolute atomic E-state index is 9.76. The fourth-order valence-electron chi connectivity index (χ4n) is 1.17. The van der Waals surface area contributed by atoms with Gasteiger partial charge in [-0.25, -0.2) is 0 Å². The van der Waals surface area contributed by atoms with E-state index in [1.165, 1.54) is 0 Å². The van der Waals surface area contributed by atoms with Crippen molar-refractivity contribution in [2.75, 3.05) is 6.61 Å². The van der Waals surface area contributed by atoms with Crippen molar-refractivity contribution in [3.63, 3.8) is 0 Å². The van der Waals surface area contributed by atoms with Gasteiger partial charge in [0, 0.05) is 10.0 Å². The zero-order valence-electron chi connectivity index (χ0n) is 8.08. The molecule has 0 aromatic heterocycles. The molecular weight excluding hydrogens is 303 g/mol. The second kappa shape index (κ2) is 5.94. The van der Waals surface area contributed by atoms with Crippen LogP contribution in [0.5, 0.6) is 5.75 Å². The summed E-state index contributed by atoms with van der Waals surface area (Å²) in [5.74, 6) is 0.597. The summed E-state index contributed by atoms with van der Waals surface area (Å²) in [5.41, 5.74) is 0.584. The highest BCUT2D eigenvalue weighted by Gasteiger charge is 2.20. The summed E-state index contributed by atoms with van der Waals surface area (Å²) in [7, 11) is 0. The Morgan fingerprint density at radius 1 is 1.47 bits per heavy atom. The van der Waals surface area contributed by atoms with Crippen LogP contribution < -0.4 is 4.74 Å². The van der Waals surface area contributed by atoms with Gasteiger partial charge in [0.2, 0.25) is 0 Å². The first-order valence-electron chi connectivity index (χ1n) is 4.44. The van der Waals surface area contributed by atoms with Crippen LogP contribution in [0.3, 0.4) is 0 Å². The Morgan fingerprint density at radius 3 is 2.67 bits per heavy atom. The summed E-state index contributed by atoms with van der Waals surface area (Å²) in [6, 6.07) is 5.34. The van der Waals surface area contributed by atoms with E-state index in [1.54, 1.807) is 12.1 Å². The Hall–Kier alpha value is 0.0400. The molecule has 0 heterocycles. The number of benzene rings is 1. The lowest BCUT2D eigenvalue weighted by molar-refractivity contribution is 0.186. The lowest BCUT2D eigenvalue weighted by Gasteiger charge is -2.16. The van der Waals surface area contributed by atoms with Crippen LogP contribution in [-0.2, 0) is 0 Å². The van der Waals surface area contributed by atoms with Crippen LogP contribution in [-0.4, -0.2) is 16.5 Å². The molecule has 0 aliphatic rings. The summed E-state index contributed by atoms with van der Waals surface area (Å²) in [6.07, 6.45) is -0.951. The number of hydrogen-bond acceptors (Lipinski definition) is 2. The van der Waals surface area contributed by atoms with Gasteiger partial charge in [-0.1, -0.05) is 15.9 Å². The summed E-state index contributed by atoms with van der Waals surface area (Å²) in [5, 5.41) is 9.76. The van der Waals surface area contributed by atoms with Gasteiger partial charge in [0.05, 0.1) is 6.61 Å². The van der Waals surface area contributed by atoms with Crippen molar-refractivity contribution in [2.24, 2.45) is 0 Å². The molecule has 5 heteroatoms. The van der Waals surface area contributed by atoms with E-state index in [4.69, 9.17) is 27.9 Å². The number of halogens is 3. The molecule has 1 rings (SSSR count). The summed E-state index contributed by atoms with van der Waals surface area (Å²) >= 11 is 14.6. The topological polar surface area (TPSA) is 29.5 Å². The first-order chi connectivity index (χ1) is 7.06. The molecule has 15 heavy (non-hydrogen) atoms. The third-order valence-electron chi connectivity index (χ3n) is 1.83. The number of alkyl halides is 2. The van der Waals surface area contributed by atoms with Gasteiger partial charge in [-0.3, -0.25) is 0 Å². The number of hydrogen-bond donors (Lipinski definition) is 1. The van der Waals surface area contributed by atoms with Gasteiger partial charge >= 0.3 is 0 Å². The third kappa shape index (κ3) is 3.52. The summed E-state index contributed by atoms with van der Waals surface area (Å²) < 4.78 is 6.21. The van der Waals surface area contributed by atoms with Crippen LogP contribution >= 0.6 is 39.1 Å². The highest BCUT2D eigenvalue weighted by molar-refractivity contribution is 9.10. The Bertz CT molecular complexity index is 331. The summed E-state index contributed by atoms with van der Waals surface area (Å²) in [6.45, 7) is 2.40. The largest absolute Gasteiger partial charge is 0.493 e. The molecule has 2 nitrogen and oxygen atoms in total. The average Bonchev–Trinajstić information content (AvgIpc) is 2.20. The van der Waals surface area contributed by atoms with Gasteiger partial charge in [-0.2, -0.15) is 0 Å². The first kappa shape index (κ1) is 13.1. The van der Waals surface area contributed by atoms with Gasteiger partial charge in [0.15, 0.2) is 0 Å².